The molecule has 1 heterocycles. The predicted octanol–water partition coefficient (Wildman–Crippen LogP) is 3.83. The molecule has 0 bridgehead atoms. The van der Waals surface area contributed by atoms with Crippen molar-refractivity contribution in [2.75, 3.05) is 0 Å². The van der Waals surface area contributed by atoms with Gasteiger partial charge in [0.2, 0.25) is 0 Å². The van der Waals surface area contributed by atoms with E-state index in [9.17, 15) is 0 Å². The number of aryl methyl sites for hydroxylation is 1. The maximum absolute atomic E-state index is 4.50. The van der Waals surface area contributed by atoms with Crippen LogP contribution in [0.3, 0.4) is 0 Å². The van der Waals surface area contributed by atoms with Gasteiger partial charge in [0.15, 0.2) is 0 Å². The molecule has 0 fully saturated rings. The van der Waals surface area contributed by atoms with E-state index in [1.807, 2.05) is 23.9 Å². The highest BCUT2D eigenvalue weighted by Gasteiger charge is 2.12. The average molecular weight is 322 g/mol. The molecule has 4 heteroatoms. The monoisotopic (exact) mass is 321 g/mol. The van der Waals surface area contributed by atoms with Crippen molar-refractivity contribution in [3.05, 3.63) is 46.2 Å². The van der Waals surface area contributed by atoms with E-state index in [0.717, 1.165) is 22.4 Å². The first-order valence-corrected chi connectivity index (χ1v) is 7.20. The van der Waals surface area contributed by atoms with Gasteiger partial charge >= 0.3 is 0 Å². The summed E-state index contributed by atoms with van der Waals surface area (Å²) in [6, 6.07) is 8.32. The first-order valence-electron chi connectivity index (χ1n) is 6.41. The SMILES string of the molecule is Cc1ccn(-c2cc(Br)ccc2CNC(C)(C)C)n1. The van der Waals surface area contributed by atoms with Crippen LogP contribution >= 0.6 is 15.9 Å². The van der Waals surface area contributed by atoms with Crippen LogP contribution in [0, 0.1) is 6.92 Å². The second-order valence-corrected chi connectivity index (χ2v) is 6.69. The number of rotatable bonds is 3. The van der Waals surface area contributed by atoms with Gasteiger partial charge in [-0.1, -0.05) is 22.0 Å². The molecule has 1 N–H and O–H groups in total. The molecule has 19 heavy (non-hydrogen) atoms. The largest absolute Gasteiger partial charge is 0.308 e. The minimum Gasteiger partial charge on any atom is -0.308 e. The lowest BCUT2D eigenvalue weighted by Gasteiger charge is -2.21. The molecule has 0 spiro atoms. The Hall–Kier alpha value is -1.13. The number of nitrogens with zero attached hydrogens (tertiary/aromatic N) is 2. The Morgan fingerprint density at radius 1 is 1.26 bits per heavy atom. The molecule has 2 rings (SSSR count). The highest BCUT2D eigenvalue weighted by Crippen LogP contribution is 2.21. The standard InChI is InChI=1S/C15H20BrN3/c1-11-7-8-19(18-11)14-9-13(16)6-5-12(14)10-17-15(2,3)4/h5-9,17H,10H2,1-4H3. The van der Waals surface area contributed by atoms with Crippen LogP contribution in [0.5, 0.6) is 0 Å². The molecular formula is C15H20BrN3. The first-order chi connectivity index (χ1) is 8.85. The van der Waals surface area contributed by atoms with Gasteiger partial charge in [-0.25, -0.2) is 4.68 Å². The van der Waals surface area contributed by atoms with E-state index in [0.29, 0.717) is 0 Å². The van der Waals surface area contributed by atoms with Crippen LogP contribution in [0.1, 0.15) is 32.0 Å². The number of hydrogen-bond acceptors (Lipinski definition) is 2. The van der Waals surface area contributed by atoms with Crippen molar-refractivity contribution in [1.29, 1.82) is 0 Å². The van der Waals surface area contributed by atoms with Gasteiger partial charge in [0, 0.05) is 22.8 Å². The average Bonchev–Trinajstić information content (AvgIpc) is 2.73. The number of benzene rings is 1. The molecule has 0 aliphatic carbocycles. The molecule has 0 saturated heterocycles. The van der Waals surface area contributed by atoms with Crippen molar-refractivity contribution in [2.45, 2.75) is 39.8 Å². The van der Waals surface area contributed by atoms with Crippen molar-refractivity contribution in [3.63, 3.8) is 0 Å². The summed E-state index contributed by atoms with van der Waals surface area (Å²) in [6.45, 7) is 9.34. The second kappa shape index (κ2) is 5.47. The predicted molar refractivity (Wildman–Crippen MR) is 82.6 cm³/mol. The Balaban J connectivity index is 2.33. The minimum absolute atomic E-state index is 0.102. The van der Waals surface area contributed by atoms with E-state index < -0.39 is 0 Å². The van der Waals surface area contributed by atoms with Gasteiger partial charge in [-0.2, -0.15) is 5.10 Å². The van der Waals surface area contributed by atoms with Crippen molar-refractivity contribution >= 4 is 15.9 Å². The van der Waals surface area contributed by atoms with Gasteiger partial charge in [0.05, 0.1) is 11.4 Å². The lowest BCUT2D eigenvalue weighted by atomic mass is 10.1. The van der Waals surface area contributed by atoms with E-state index in [4.69, 9.17) is 0 Å². The lowest BCUT2D eigenvalue weighted by molar-refractivity contribution is 0.424. The summed E-state index contributed by atoms with van der Waals surface area (Å²) in [5, 5.41) is 8.01. The molecule has 0 radical (unpaired) electrons. The van der Waals surface area contributed by atoms with E-state index in [-0.39, 0.29) is 5.54 Å². The van der Waals surface area contributed by atoms with Gasteiger partial charge in [-0.3, -0.25) is 0 Å². The lowest BCUT2D eigenvalue weighted by Crippen LogP contribution is -2.35. The highest BCUT2D eigenvalue weighted by atomic mass is 79.9. The number of hydrogen-bond donors (Lipinski definition) is 1. The summed E-state index contributed by atoms with van der Waals surface area (Å²) in [7, 11) is 0. The second-order valence-electron chi connectivity index (χ2n) is 5.78. The molecule has 0 unspecified atom stereocenters. The fourth-order valence-electron chi connectivity index (χ4n) is 1.81. The summed E-state index contributed by atoms with van der Waals surface area (Å²) in [6.07, 6.45) is 2.00. The van der Waals surface area contributed by atoms with Crippen LogP contribution in [0.2, 0.25) is 0 Å². The maximum atomic E-state index is 4.50. The van der Waals surface area contributed by atoms with E-state index >= 15 is 0 Å². The van der Waals surface area contributed by atoms with E-state index in [1.165, 1.54) is 5.56 Å². The molecule has 2 aromatic rings. The third kappa shape index (κ3) is 3.91. The van der Waals surface area contributed by atoms with Crippen molar-refractivity contribution in [2.24, 2.45) is 0 Å². The molecule has 1 aromatic carbocycles. The van der Waals surface area contributed by atoms with Crippen molar-refractivity contribution in [3.8, 4) is 5.69 Å². The third-order valence-electron chi connectivity index (χ3n) is 2.83. The molecule has 3 nitrogen and oxygen atoms in total. The first kappa shape index (κ1) is 14.3. The Labute approximate surface area is 123 Å². The third-order valence-corrected chi connectivity index (χ3v) is 3.32. The van der Waals surface area contributed by atoms with Crippen LogP contribution in [0.4, 0.5) is 0 Å². The number of aromatic nitrogens is 2. The summed E-state index contributed by atoms with van der Waals surface area (Å²) >= 11 is 3.53. The van der Waals surface area contributed by atoms with Crippen LogP contribution in [-0.4, -0.2) is 15.3 Å². The quantitative estimate of drug-likeness (QED) is 0.931. The summed E-state index contributed by atoms with van der Waals surface area (Å²) in [4.78, 5) is 0. The van der Waals surface area contributed by atoms with E-state index in [1.54, 1.807) is 0 Å². The Bertz CT molecular complexity index is 567. The molecule has 0 aliphatic heterocycles. The van der Waals surface area contributed by atoms with Crippen LogP contribution in [-0.2, 0) is 6.54 Å². The molecular weight excluding hydrogens is 302 g/mol. The van der Waals surface area contributed by atoms with Gasteiger partial charge in [-0.15, -0.1) is 0 Å². The molecule has 102 valence electrons. The van der Waals surface area contributed by atoms with Gasteiger partial charge in [0.25, 0.3) is 0 Å². The number of nitrogens with one attached hydrogen (secondary N) is 1. The molecule has 0 atom stereocenters. The molecule has 0 amide bonds. The Morgan fingerprint density at radius 3 is 2.58 bits per heavy atom. The minimum atomic E-state index is 0.102. The van der Waals surface area contributed by atoms with Crippen LogP contribution in [0.15, 0.2) is 34.9 Å². The molecule has 1 aromatic heterocycles. The van der Waals surface area contributed by atoms with Gasteiger partial charge < -0.3 is 5.32 Å². The van der Waals surface area contributed by atoms with Crippen molar-refractivity contribution in [1.82, 2.24) is 15.1 Å². The van der Waals surface area contributed by atoms with Gasteiger partial charge in [-0.05, 0) is 51.5 Å². The van der Waals surface area contributed by atoms with Crippen LogP contribution < -0.4 is 5.32 Å². The van der Waals surface area contributed by atoms with Crippen LogP contribution in [0.25, 0.3) is 5.69 Å². The number of halogens is 1. The van der Waals surface area contributed by atoms with E-state index in [2.05, 4.69) is 65.3 Å². The molecule has 0 aliphatic rings. The topological polar surface area (TPSA) is 29.9 Å². The normalized spacial score (nSPS) is 11.8. The zero-order chi connectivity index (χ0) is 14.0. The van der Waals surface area contributed by atoms with Gasteiger partial charge in [0.1, 0.15) is 0 Å². The smallest absolute Gasteiger partial charge is 0.0701 e. The summed E-state index contributed by atoms with van der Waals surface area (Å²) in [5.41, 5.74) is 3.47. The Morgan fingerprint density at radius 2 is 2.00 bits per heavy atom. The fourth-order valence-corrected chi connectivity index (χ4v) is 2.16. The zero-order valence-corrected chi connectivity index (χ0v) is 13.5. The highest BCUT2D eigenvalue weighted by molar-refractivity contribution is 9.10. The fraction of sp³-hybridized carbons (Fsp3) is 0.400. The molecule has 0 saturated carbocycles. The maximum Gasteiger partial charge on any atom is 0.0701 e. The zero-order valence-electron chi connectivity index (χ0n) is 11.9. The summed E-state index contributed by atoms with van der Waals surface area (Å²) in [5.74, 6) is 0. The Kier molecular flexibility index (Phi) is 4.11. The van der Waals surface area contributed by atoms with Crippen molar-refractivity contribution < 1.29 is 0 Å². The summed E-state index contributed by atoms with van der Waals surface area (Å²) < 4.78 is 3.00.